The third kappa shape index (κ3) is 4.43. The van der Waals surface area contributed by atoms with E-state index in [2.05, 4.69) is 10.9 Å². The van der Waals surface area contributed by atoms with E-state index in [4.69, 9.17) is 4.74 Å². The summed E-state index contributed by atoms with van der Waals surface area (Å²) in [6.07, 6.45) is 0.735. The molecule has 3 nitrogen and oxygen atoms in total. The lowest BCUT2D eigenvalue weighted by Crippen LogP contribution is -2.21. The maximum atomic E-state index is 13.6. The van der Waals surface area contributed by atoms with Gasteiger partial charge in [-0.15, -0.1) is 0 Å². The zero-order valence-corrected chi connectivity index (χ0v) is 11.8. The van der Waals surface area contributed by atoms with E-state index in [-0.39, 0.29) is 5.75 Å². The fourth-order valence-electron chi connectivity index (χ4n) is 1.81. The van der Waals surface area contributed by atoms with Crippen LogP contribution in [-0.4, -0.2) is 6.61 Å². The van der Waals surface area contributed by atoms with E-state index in [9.17, 15) is 8.78 Å². The van der Waals surface area contributed by atoms with Gasteiger partial charge in [-0.25, -0.2) is 9.82 Å². The van der Waals surface area contributed by atoms with Crippen molar-refractivity contribution >= 4 is 5.69 Å². The monoisotopic (exact) mass is 292 g/mol. The molecule has 21 heavy (non-hydrogen) atoms. The number of hydrazine groups is 1. The molecule has 0 bridgehead atoms. The van der Waals surface area contributed by atoms with Crippen LogP contribution in [-0.2, 0) is 6.54 Å². The number of benzene rings is 2. The third-order valence-electron chi connectivity index (χ3n) is 2.82. The fourth-order valence-corrected chi connectivity index (χ4v) is 1.81. The average Bonchev–Trinajstić information content (AvgIpc) is 2.50. The van der Waals surface area contributed by atoms with E-state index < -0.39 is 11.6 Å². The Bertz CT molecular complexity index is 576. The summed E-state index contributed by atoms with van der Waals surface area (Å²) in [4.78, 5) is 0. The standard InChI is InChI=1S/C16H18F2N2O/c1-2-8-21-15-10-12(9-14(17)16(15)18)11-19-20-13-6-4-3-5-7-13/h3-7,9-10,19-20H,2,8,11H2,1H3. The molecule has 0 fully saturated rings. The van der Waals surface area contributed by atoms with Crippen molar-refractivity contribution < 1.29 is 13.5 Å². The third-order valence-corrected chi connectivity index (χ3v) is 2.82. The summed E-state index contributed by atoms with van der Waals surface area (Å²) in [5.41, 5.74) is 7.43. The van der Waals surface area contributed by atoms with E-state index in [0.717, 1.165) is 18.2 Å². The summed E-state index contributed by atoms with van der Waals surface area (Å²) in [5.74, 6) is -1.89. The molecule has 0 aromatic heterocycles. The molecule has 0 saturated heterocycles. The van der Waals surface area contributed by atoms with Gasteiger partial charge in [-0.3, -0.25) is 0 Å². The number of para-hydroxylation sites is 1. The van der Waals surface area contributed by atoms with Crippen LogP contribution in [0.25, 0.3) is 0 Å². The SMILES string of the molecule is CCCOc1cc(CNNc2ccccc2)cc(F)c1F. The zero-order valence-electron chi connectivity index (χ0n) is 11.8. The van der Waals surface area contributed by atoms with Crippen molar-refractivity contribution in [1.29, 1.82) is 0 Å². The maximum Gasteiger partial charge on any atom is 0.200 e. The van der Waals surface area contributed by atoms with Gasteiger partial charge in [0, 0.05) is 12.2 Å². The Labute approximate surface area is 122 Å². The lowest BCUT2D eigenvalue weighted by molar-refractivity contribution is 0.294. The first kappa shape index (κ1) is 15.3. The van der Waals surface area contributed by atoms with Crippen LogP contribution in [0.2, 0.25) is 0 Å². The molecular formula is C16H18F2N2O. The molecule has 2 aromatic rings. The number of rotatable bonds is 7. The van der Waals surface area contributed by atoms with Crippen LogP contribution in [0.1, 0.15) is 18.9 Å². The predicted molar refractivity (Wildman–Crippen MR) is 79.0 cm³/mol. The maximum absolute atomic E-state index is 13.6. The van der Waals surface area contributed by atoms with Gasteiger partial charge in [0.15, 0.2) is 11.6 Å². The second-order valence-electron chi connectivity index (χ2n) is 4.58. The Balaban J connectivity index is 1.98. The lowest BCUT2D eigenvalue weighted by Gasteiger charge is -2.11. The van der Waals surface area contributed by atoms with Gasteiger partial charge in [0.1, 0.15) is 0 Å². The quantitative estimate of drug-likeness (QED) is 0.760. The Morgan fingerprint density at radius 2 is 1.86 bits per heavy atom. The highest BCUT2D eigenvalue weighted by Crippen LogP contribution is 2.22. The van der Waals surface area contributed by atoms with E-state index in [0.29, 0.717) is 18.7 Å². The summed E-state index contributed by atoms with van der Waals surface area (Å²) >= 11 is 0. The van der Waals surface area contributed by atoms with Gasteiger partial charge < -0.3 is 10.2 Å². The number of nitrogens with one attached hydrogen (secondary N) is 2. The van der Waals surface area contributed by atoms with Gasteiger partial charge in [0.25, 0.3) is 0 Å². The van der Waals surface area contributed by atoms with Crippen molar-refractivity contribution in [2.75, 3.05) is 12.0 Å². The molecule has 5 heteroatoms. The summed E-state index contributed by atoms with van der Waals surface area (Å²) in [6.45, 7) is 2.60. The molecule has 0 saturated carbocycles. The minimum atomic E-state index is -0.941. The van der Waals surface area contributed by atoms with Crippen molar-refractivity contribution in [3.8, 4) is 5.75 Å². The molecule has 0 amide bonds. The van der Waals surface area contributed by atoms with E-state index in [1.807, 2.05) is 37.3 Å². The van der Waals surface area contributed by atoms with Crippen LogP contribution in [0.3, 0.4) is 0 Å². The van der Waals surface area contributed by atoms with Crippen LogP contribution < -0.4 is 15.6 Å². The molecule has 0 radical (unpaired) electrons. The summed E-state index contributed by atoms with van der Waals surface area (Å²) < 4.78 is 32.3. The minimum absolute atomic E-state index is 0.0478. The number of hydrogen-bond acceptors (Lipinski definition) is 3. The van der Waals surface area contributed by atoms with E-state index in [1.165, 1.54) is 6.07 Å². The zero-order chi connectivity index (χ0) is 15.1. The number of anilines is 1. The van der Waals surface area contributed by atoms with Gasteiger partial charge in [-0.2, -0.15) is 4.39 Å². The number of hydrogen-bond donors (Lipinski definition) is 2. The second-order valence-corrected chi connectivity index (χ2v) is 4.58. The van der Waals surface area contributed by atoms with Crippen LogP contribution in [0.4, 0.5) is 14.5 Å². The molecule has 0 unspecified atom stereocenters. The van der Waals surface area contributed by atoms with Crippen molar-refractivity contribution in [2.24, 2.45) is 0 Å². The Hall–Kier alpha value is -2.14. The molecule has 112 valence electrons. The molecule has 2 aromatic carbocycles. The van der Waals surface area contributed by atoms with Crippen molar-refractivity contribution in [2.45, 2.75) is 19.9 Å². The number of ether oxygens (including phenoxy) is 1. The largest absolute Gasteiger partial charge is 0.490 e. The number of halogens is 2. The van der Waals surface area contributed by atoms with Crippen LogP contribution >= 0.6 is 0 Å². The van der Waals surface area contributed by atoms with Gasteiger partial charge in [0.2, 0.25) is 5.82 Å². The molecule has 0 aliphatic rings. The molecule has 0 atom stereocenters. The lowest BCUT2D eigenvalue weighted by atomic mass is 10.2. The van der Waals surface area contributed by atoms with E-state index in [1.54, 1.807) is 0 Å². The van der Waals surface area contributed by atoms with Crippen LogP contribution in [0.5, 0.6) is 5.75 Å². The minimum Gasteiger partial charge on any atom is -0.490 e. The van der Waals surface area contributed by atoms with Crippen molar-refractivity contribution in [3.05, 3.63) is 59.7 Å². The summed E-state index contributed by atoms with van der Waals surface area (Å²) in [5, 5.41) is 0. The highest BCUT2D eigenvalue weighted by atomic mass is 19.2. The summed E-state index contributed by atoms with van der Waals surface area (Å²) in [6, 6.07) is 12.2. The van der Waals surface area contributed by atoms with Crippen molar-refractivity contribution in [3.63, 3.8) is 0 Å². The second kappa shape index (κ2) is 7.59. The molecule has 0 aliphatic carbocycles. The van der Waals surface area contributed by atoms with Gasteiger partial charge in [0.05, 0.1) is 6.61 Å². The molecule has 0 heterocycles. The normalized spacial score (nSPS) is 10.4. The first-order valence-electron chi connectivity index (χ1n) is 6.85. The van der Waals surface area contributed by atoms with Gasteiger partial charge in [-0.05, 0) is 36.2 Å². The van der Waals surface area contributed by atoms with Crippen molar-refractivity contribution in [1.82, 2.24) is 5.43 Å². The highest BCUT2D eigenvalue weighted by molar-refractivity contribution is 5.41. The Kier molecular flexibility index (Phi) is 5.51. The van der Waals surface area contributed by atoms with Gasteiger partial charge >= 0.3 is 0 Å². The van der Waals surface area contributed by atoms with Gasteiger partial charge in [-0.1, -0.05) is 25.1 Å². The Morgan fingerprint density at radius 1 is 1.10 bits per heavy atom. The molecular weight excluding hydrogens is 274 g/mol. The molecule has 0 spiro atoms. The first-order chi connectivity index (χ1) is 10.2. The first-order valence-corrected chi connectivity index (χ1v) is 6.85. The van der Waals surface area contributed by atoms with Crippen LogP contribution in [0, 0.1) is 11.6 Å². The predicted octanol–water partition coefficient (Wildman–Crippen LogP) is 3.87. The average molecular weight is 292 g/mol. The Morgan fingerprint density at radius 3 is 2.57 bits per heavy atom. The molecule has 2 N–H and O–H groups in total. The molecule has 2 rings (SSSR count). The topological polar surface area (TPSA) is 33.3 Å². The highest BCUT2D eigenvalue weighted by Gasteiger charge is 2.11. The van der Waals surface area contributed by atoms with E-state index >= 15 is 0 Å². The summed E-state index contributed by atoms with van der Waals surface area (Å²) in [7, 11) is 0. The fraction of sp³-hybridized carbons (Fsp3) is 0.250. The van der Waals surface area contributed by atoms with Crippen LogP contribution in [0.15, 0.2) is 42.5 Å². The molecule has 0 aliphatic heterocycles. The smallest absolute Gasteiger partial charge is 0.200 e.